The Morgan fingerprint density at radius 3 is 3.04 bits per heavy atom. The van der Waals surface area contributed by atoms with Crippen molar-refractivity contribution in [2.24, 2.45) is 7.05 Å². The molecule has 122 valence electrons. The Bertz CT molecular complexity index is 681. The summed E-state index contributed by atoms with van der Waals surface area (Å²) < 4.78 is 1.88. The van der Waals surface area contributed by atoms with Crippen molar-refractivity contribution in [3.05, 3.63) is 42.1 Å². The van der Waals surface area contributed by atoms with Gasteiger partial charge in [0.05, 0.1) is 5.56 Å². The van der Waals surface area contributed by atoms with Crippen molar-refractivity contribution >= 4 is 11.7 Å². The number of aryl methyl sites for hydroxylation is 2. The number of hydrogen-bond donors (Lipinski definition) is 1. The monoisotopic (exact) mass is 313 g/mol. The van der Waals surface area contributed by atoms with E-state index < -0.39 is 0 Å². The number of rotatable bonds is 4. The number of nitrogens with one attached hydrogen (secondary N) is 1. The molecule has 0 spiro atoms. The molecule has 0 aromatic carbocycles. The van der Waals surface area contributed by atoms with Crippen molar-refractivity contribution in [1.29, 1.82) is 0 Å². The minimum Gasteiger partial charge on any atom is -0.356 e. The van der Waals surface area contributed by atoms with Gasteiger partial charge in [-0.3, -0.25) is 4.79 Å². The smallest absolute Gasteiger partial charge is 0.253 e. The Morgan fingerprint density at radius 1 is 1.43 bits per heavy atom. The van der Waals surface area contributed by atoms with Crippen molar-refractivity contribution < 1.29 is 4.79 Å². The van der Waals surface area contributed by atoms with E-state index in [1.807, 2.05) is 36.1 Å². The van der Waals surface area contributed by atoms with Crippen molar-refractivity contribution in [2.45, 2.75) is 32.2 Å². The molecule has 2 aromatic heterocycles. The van der Waals surface area contributed by atoms with Gasteiger partial charge < -0.3 is 14.8 Å². The van der Waals surface area contributed by atoms with Gasteiger partial charge in [0.2, 0.25) is 0 Å². The number of piperidine rings is 1. The van der Waals surface area contributed by atoms with Crippen molar-refractivity contribution in [2.75, 3.05) is 18.0 Å². The van der Waals surface area contributed by atoms with Gasteiger partial charge >= 0.3 is 0 Å². The number of amides is 1. The quantitative estimate of drug-likeness (QED) is 0.934. The Labute approximate surface area is 136 Å². The van der Waals surface area contributed by atoms with Gasteiger partial charge in [-0.1, -0.05) is 6.92 Å². The summed E-state index contributed by atoms with van der Waals surface area (Å²) in [6.45, 7) is 3.85. The lowest BCUT2D eigenvalue weighted by Crippen LogP contribution is -2.48. The van der Waals surface area contributed by atoms with Crippen LogP contribution in [0.1, 0.15) is 35.8 Å². The zero-order valence-corrected chi connectivity index (χ0v) is 13.7. The Morgan fingerprint density at radius 2 is 2.30 bits per heavy atom. The fraction of sp³-hybridized carbons (Fsp3) is 0.471. The summed E-state index contributed by atoms with van der Waals surface area (Å²) in [6, 6.07) is 4.03. The minimum atomic E-state index is -0.00520. The van der Waals surface area contributed by atoms with Crippen LogP contribution >= 0.6 is 0 Å². The van der Waals surface area contributed by atoms with Gasteiger partial charge in [-0.15, -0.1) is 0 Å². The second-order valence-electron chi connectivity index (χ2n) is 6.05. The first-order chi connectivity index (χ1) is 11.2. The summed E-state index contributed by atoms with van der Waals surface area (Å²) in [7, 11) is 1.92. The second-order valence-corrected chi connectivity index (χ2v) is 6.05. The molecule has 23 heavy (non-hydrogen) atoms. The molecule has 1 aliphatic rings. The first kappa shape index (κ1) is 15.5. The summed E-state index contributed by atoms with van der Waals surface area (Å²) in [4.78, 5) is 23.2. The summed E-state index contributed by atoms with van der Waals surface area (Å²) in [5, 5.41) is 3.14. The minimum absolute atomic E-state index is 0.00520. The standard InChI is InChI=1S/C17H23N5O/c1-3-14-9-16(19-12-18-14)22-7-4-5-15(11-22)20-17(23)13-6-8-21(2)10-13/h6,8-10,12,15H,3-5,7,11H2,1-2H3,(H,20,23). The molecule has 3 heterocycles. The molecule has 0 bridgehead atoms. The van der Waals surface area contributed by atoms with E-state index in [1.165, 1.54) is 0 Å². The molecule has 1 unspecified atom stereocenters. The molecule has 1 N–H and O–H groups in total. The molecule has 2 aromatic rings. The molecule has 3 rings (SSSR count). The van der Waals surface area contributed by atoms with Gasteiger partial charge in [0.25, 0.3) is 5.91 Å². The molecule has 0 saturated carbocycles. The van der Waals surface area contributed by atoms with E-state index in [2.05, 4.69) is 27.1 Å². The van der Waals surface area contributed by atoms with E-state index in [4.69, 9.17) is 0 Å². The van der Waals surface area contributed by atoms with E-state index >= 15 is 0 Å². The number of hydrogen-bond acceptors (Lipinski definition) is 4. The highest BCUT2D eigenvalue weighted by Crippen LogP contribution is 2.18. The molecule has 1 aliphatic heterocycles. The highest BCUT2D eigenvalue weighted by Gasteiger charge is 2.23. The Kier molecular flexibility index (Phi) is 4.60. The maximum Gasteiger partial charge on any atom is 0.253 e. The van der Waals surface area contributed by atoms with Crippen LogP contribution in [0.4, 0.5) is 5.82 Å². The zero-order valence-electron chi connectivity index (χ0n) is 13.7. The predicted octanol–water partition coefficient (Wildman–Crippen LogP) is 1.78. The summed E-state index contributed by atoms with van der Waals surface area (Å²) in [5.74, 6) is 0.949. The van der Waals surface area contributed by atoms with Crippen LogP contribution in [-0.4, -0.2) is 39.6 Å². The average Bonchev–Trinajstić information content (AvgIpc) is 3.02. The first-order valence-electron chi connectivity index (χ1n) is 8.14. The molecular formula is C17H23N5O. The van der Waals surface area contributed by atoms with E-state index in [-0.39, 0.29) is 11.9 Å². The predicted molar refractivity (Wildman–Crippen MR) is 89.5 cm³/mol. The molecule has 1 fully saturated rings. The molecular weight excluding hydrogens is 290 g/mol. The van der Waals surface area contributed by atoms with Crippen LogP contribution in [0.3, 0.4) is 0 Å². The van der Waals surface area contributed by atoms with Crippen LogP contribution in [0.5, 0.6) is 0 Å². The third-order valence-corrected chi connectivity index (χ3v) is 4.25. The van der Waals surface area contributed by atoms with Crippen LogP contribution in [0.25, 0.3) is 0 Å². The molecule has 0 radical (unpaired) electrons. The lowest BCUT2D eigenvalue weighted by Gasteiger charge is -2.34. The fourth-order valence-corrected chi connectivity index (χ4v) is 2.96. The number of carbonyl (C=O) groups excluding carboxylic acids is 1. The second kappa shape index (κ2) is 6.81. The summed E-state index contributed by atoms with van der Waals surface area (Å²) in [6.07, 6.45) is 8.30. The zero-order chi connectivity index (χ0) is 16.2. The third-order valence-electron chi connectivity index (χ3n) is 4.25. The highest BCUT2D eigenvalue weighted by molar-refractivity contribution is 5.94. The van der Waals surface area contributed by atoms with Gasteiger partial charge in [0.15, 0.2) is 0 Å². The Hall–Kier alpha value is -2.37. The van der Waals surface area contributed by atoms with Gasteiger partial charge in [0.1, 0.15) is 12.1 Å². The summed E-state index contributed by atoms with van der Waals surface area (Å²) in [5.41, 5.74) is 1.75. The topological polar surface area (TPSA) is 63.1 Å². The van der Waals surface area contributed by atoms with E-state index in [0.717, 1.165) is 43.9 Å². The van der Waals surface area contributed by atoms with E-state index in [1.54, 1.807) is 6.33 Å². The van der Waals surface area contributed by atoms with Crippen LogP contribution < -0.4 is 10.2 Å². The van der Waals surface area contributed by atoms with Crippen LogP contribution in [0.15, 0.2) is 30.9 Å². The number of nitrogens with zero attached hydrogens (tertiary/aromatic N) is 4. The number of aromatic nitrogens is 3. The van der Waals surface area contributed by atoms with E-state index in [9.17, 15) is 4.79 Å². The molecule has 6 heteroatoms. The maximum absolute atomic E-state index is 12.3. The van der Waals surface area contributed by atoms with Gasteiger partial charge in [0, 0.05) is 50.3 Å². The molecule has 6 nitrogen and oxygen atoms in total. The normalized spacial score (nSPS) is 18.0. The SMILES string of the molecule is CCc1cc(N2CCCC(NC(=O)c3ccn(C)c3)C2)ncn1. The maximum atomic E-state index is 12.3. The van der Waals surface area contributed by atoms with Crippen molar-refractivity contribution in [3.63, 3.8) is 0 Å². The van der Waals surface area contributed by atoms with Crippen molar-refractivity contribution in [1.82, 2.24) is 19.9 Å². The largest absolute Gasteiger partial charge is 0.356 e. The van der Waals surface area contributed by atoms with E-state index in [0.29, 0.717) is 5.56 Å². The molecule has 1 atom stereocenters. The third kappa shape index (κ3) is 3.70. The summed E-state index contributed by atoms with van der Waals surface area (Å²) >= 11 is 0. The highest BCUT2D eigenvalue weighted by atomic mass is 16.1. The lowest BCUT2D eigenvalue weighted by molar-refractivity contribution is 0.0933. The lowest BCUT2D eigenvalue weighted by atomic mass is 10.1. The Balaban J connectivity index is 1.64. The average molecular weight is 313 g/mol. The number of anilines is 1. The van der Waals surface area contributed by atoms with Crippen LogP contribution in [0, 0.1) is 0 Å². The number of carbonyl (C=O) groups is 1. The molecule has 1 saturated heterocycles. The molecule has 0 aliphatic carbocycles. The fourth-order valence-electron chi connectivity index (χ4n) is 2.96. The van der Waals surface area contributed by atoms with Gasteiger partial charge in [-0.25, -0.2) is 9.97 Å². The van der Waals surface area contributed by atoms with Crippen LogP contribution in [0.2, 0.25) is 0 Å². The molecule has 1 amide bonds. The van der Waals surface area contributed by atoms with Crippen LogP contribution in [-0.2, 0) is 13.5 Å². The van der Waals surface area contributed by atoms with Gasteiger partial charge in [-0.05, 0) is 25.3 Å². The van der Waals surface area contributed by atoms with Gasteiger partial charge in [-0.2, -0.15) is 0 Å². The first-order valence-corrected chi connectivity index (χ1v) is 8.14. The van der Waals surface area contributed by atoms with Crippen molar-refractivity contribution in [3.8, 4) is 0 Å².